The lowest BCUT2D eigenvalue weighted by Crippen LogP contribution is -2.34. The van der Waals surface area contributed by atoms with Crippen LogP contribution >= 0.6 is 11.3 Å². The van der Waals surface area contributed by atoms with E-state index in [4.69, 9.17) is 0 Å². The normalized spacial score (nSPS) is 13.1. The van der Waals surface area contributed by atoms with E-state index in [1.807, 2.05) is 0 Å². The second-order valence-electron chi connectivity index (χ2n) is 6.83. The van der Waals surface area contributed by atoms with Crippen molar-refractivity contribution in [2.75, 3.05) is 24.9 Å². The van der Waals surface area contributed by atoms with Crippen molar-refractivity contribution >= 4 is 46.5 Å². The number of hydrogen-bond acceptors (Lipinski definition) is 5. The number of benzene rings is 2. The third-order valence-corrected chi connectivity index (χ3v) is 9.30. The highest BCUT2D eigenvalue weighted by Crippen LogP contribution is 2.36. The van der Waals surface area contributed by atoms with Gasteiger partial charge in [0.05, 0.1) is 16.2 Å². The van der Waals surface area contributed by atoms with Crippen LogP contribution in [0.5, 0.6) is 0 Å². The number of sulfonamides is 2. The van der Waals surface area contributed by atoms with Crippen LogP contribution in [0.4, 0.5) is 18.2 Å². The summed E-state index contributed by atoms with van der Waals surface area (Å²) in [5.41, 5.74) is 0. The van der Waals surface area contributed by atoms with E-state index in [9.17, 15) is 30.0 Å². The van der Waals surface area contributed by atoms with Crippen molar-refractivity contribution in [3.8, 4) is 0 Å². The second kappa shape index (κ2) is 8.41. The summed E-state index contributed by atoms with van der Waals surface area (Å²) in [4.78, 5) is -0.680. The fourth-order valence-electron chi connectivity index (χ4n) is 2.80. The van der Waals surface area contributed by atoms with Crippen LogP contribution in [0.15, 0.2) is 64.4 Å². The van der Waals surface area contributed by atoms with Gasteiger partial charge in [-0.2, -0.15) is 13.2 Å². The van der Waals surface area contributed by atoms with Gasteiger partial charge in [0, 0.05) is 25.3 Å². The SMILES string of the molecule is CN(C)S(=O)(=O)c1cccc(S(=O)(=O)N(CCC(F)(F)F)c2cc3ccccc3s2)c1. The number of rotatable bonds is 7. The second-order valence-corrected chi connectivity index (χ2v) is 11.9. The van der Waals surface area contributed by atoms with Gasteiger partial charge in [0.1, 0.15) is 5.00 Å². The van der Waals surface area contributed by atoms with Crippen molar-refractivity contribution in [2.45, 2.75) is 22.4 Å². The van der Waals surface area contributed by atoms with E-state index in [1.54, 1.807) is 24.3 Å². The van der Waals surface area contributed by atoms with Gasteiger partial charge >= 0.3 is 6.18 Å². The van der Waals surface area contributed by atoms with Crippen molar-refractivity contribution in [3.05, 3.63) is 54.6 Å². The van der Waals surface area contributed by atoms with E-state index >= 15 is 0 Å². The molecule has 0 radical (unpaired) electrons. The zero-order chi connectivity index (χ0) is 23.0. The van der Waals surface area contributed by atoms with Crippen LogP contribution in [0.25, 0.3) is 10.1 Å². The lowest BCUT2D eigenvalue weighted by molar-refractivity contribution is -0.131. The first kappa shape index (κ1) is 23.5. The van der Waals surface area contributed by atoms with Gasteiger partial charge in [-0.15, -0.1) is 11.3 Å². The molecule has 0 spiro atoms. The summed E-state index contributed by atoms with van der Waals surface area (Å²) >= 11 is 1.05. The van der Waals surface area contributed by atoms with Crippen LogP contribution < -0.4 is 4.31 Å². The molecule has 6 nitrogen and oxygen atoms in total. The highest BCUT2D eigenvalue weighted by Gasteiger charge is 2.34. The molecule has 0 aliphatic carbocycles. The third kappa shape index (κ3) is 5.03. The number of anilines is 1. The Balaban J connectivity index is 2.11. The highest BCUT2D eigenvalue weighted by atomic mass is 32.2. The van der Waals surface area contributed by atoms with E-state index in [2.05, 4.69) is 0 Å². The van der Waals surface area contributed by atoms with E-state index in [0.717, 1.165) is 27.8 Å². The lowest BCUT2D eigenvalue weighted by atomic mass is 10.3. The Labute approximate surface area is 182 Å². The molecule has 2 aromatic carbocycles. The molecule has 0 atom stereocenters. The molecule has 0 unspecified atom stereocenters. The van der Waals surface area contributed by atoms with E-state index in [1.165, 1.54) is 32.3 Å². The molecule has 0 aliphatic rings. The monoisotopic (exact) mass is 492 g/mol. The highest BCUT2D eigenvalue weighted by molar-refractivity contribution is 7.93. The van der Waals surface area contributed by atoms with Crippen molar-refractivity contribution in [1.29, 1.82) is 0 Å². The van der Waals surface area contributed by atoms with E-state index in [0.29, 0.717) is 14.4 Å². The Kier molecular flexibility index (Phi) is 6.38. The summed E-state index contributed by atoms with van der Waals surface area (Å²) in [5.74, 6) is 0. The molecule has 0 N–H and O–H groups in total. The van der Waals surface area contributed by atoms with Gasteiger partial charge in [-0.1, -0.05) is 24.3 Å². The number of alkyl halides is 3. The zero-order valence-corrected chi connectivity index (χ0v) is 18.9. The van der Waals surface area contributed by atoms with Crippen LogP contribution in [0, 0.1) is 0 Å². The summed E-state index contributed by atoms with van der Waals surface area (Å²) < 4.78 is 92.6. The minimum absolute atomic E-state index is 0.117. The number of nitrogens with zero attached hydrogens (tertiary/aromatic N) is 2. The van der Waals surface area contributed by atoms with Gasteiger partial charge < -0.3 is 0 Å². The summed E-state index contributed by atoms with van der Waals surface area (Å²) in [5, 5.41) is 0.810. The molecule has 0 saturated carbocycles. The summed E-state index contributed by atoms with van der Waals surface area (Å²) in [7, 11) is -5.81. The molecule has 0 bridgehead atoms. The number of hydrogen-bond donors (Lipinski definition) is 0. The predicted molar refractivity (Wildman–Crippen MR) is 114 cm³/mol. The molecule has 0 aliphatic heterocycles. The molecule has 3 aromatic rings. The topological polar surface area (TPSA) is 74.8 Å². The van der Waals surface area contributed by atoms with Crippen molar-refractivity contribution in [3.63, 3.8) is 0 Å². The standard InChI is InChI=1S/C19H19F3N2O4S3/c1-23(2)30(25,26)15-7-5-8-16(13-15)31(27,28)24(11-10-19(20,21)22)18-12-14-6-3-4-9-17(14)29-18/h3-9,12-13H,10-11H2,1-2H3. The van der Waals surface area contributed by atoms with Gasteiger partial charge in [-0.05, 0) is 35.7 Å². The van der Waals surface area contributed by atoms with Crippen LogP contribution in [0.3, 0.4) is 0 Å². The minimum atomic E-state index is -4.57. The summed E-state index contributed by atoms with van der Waals surface area (Å²) in [6.07, 6.45) is -5.92. The molecule has 1 heterocycles. The van der Waals surface area contributed by atoms with Gasteiger partial charge in [0.2, 0.25) is 10.0 Å². The van der Waals surface area contributed by atoms with E-state index in [-0.39, 0.29) is 9.90 Å². The molecular formula is C19H19F3N2O4S3. The van der Waals surface area contributed by atoms with Crippen molar-refractivity contribution in [2.24, 2.45) is 0 Å². The predicted octanol–water partition coefficient (Wildman–Crippen LogP) is 4.30. The first-order valence-electron chi connectivity index (χ1n) is 8.93. The van der Waals surface area contributed by atoms with Gasteiger partial charge in [-0.3, -0.25) is 4.31 Å². The first-order chi connectivity index (χ1) is 14.3. The average Bonchev–Trinajstić information content (AvgIpc) is 3.10. The number of fused-ring (bicyclic) bond motifs is 1. The van der Waals surface area contributed by atoms with Crippen molar-refractivity contribution in [1.82, 2.24) is 4.31 Å². The van der Waals surface area contributed by atoms with Gasteiger partial charge in [-0.25, -0.2) is 21.1 Å². The Morgan fingerprint density at radius 1 is 0.871 bits per heavy atom. The quantitative estimate of drug-likeness (QED) is 0.493. The summed E-state index contributed by atoms with van der Waals surface area (Å²) in [6, 6.07) is 13.1. The Morgan fingerprint density at radius 2 is 1.48 bits per heavy atom. The Hall–Kier alpha value is -2.15. The van der Waals surface area contributed by atoms with Crippen LogP contribution in [-0.2, 0) is 20.0 Å². The maximum atomic E-state index is 13.3. The molecule has 3 rings (SSSR count). The van der Waals surface area contributed by atoms with Crippen molar-refractivity contribution < 1.29 is 30.0 Å². The lowest BCUT2D eigenvalue weighted by Gasteiger charge is -2.24. The van der Waals surface area contributed by atoms with Crippen LogP contribution in [0.2, 0.25) is 0 Å². The maximum Gasteiger partial charge on any atom is 0.390 e. The Morgan fingerprint density at radius 3 is 2.06 bits per heavy atom. The molecule has 0 fully saturated rings. The number of halogens is 3. The molecule has 0 saturated heterocycles. The molecular weight excluding hydrogens is 473 g/mol. The summed E-state index contributed by atoms with van der Waals surface area (Å²) in [6.45, 7) is -0.830. The molecule has 0 amide bonds. The van der Waals surface area contributed by atoms with Crippen LogP contribution in [-0.4, -0.2) is 48.0 Å². The van der Waals surface area contributed by atoms with Crippen LogP contribution in [0.1, 0.15) is 6.42 Å². The first-order valence-corrected chi connectivity index (χ1v) is 12.6. The van der Waals surface area contributed by atoms with E-state index < -0.39 is 44.1 Å². The average molecular weight is 493 g/mol. The van der Waals surface area contributed by atoms with Gasteiger partial charge in [0.25, 0.3) is 10.0 Å². The Bertz CT molecular complexity index is 1270. The molecule has 31 heavy (non-hydrogen) atoms. The fourth-order valence-corrected chi connectivity index (χ4v) is 6.63. The van der Waals surface area contributed by atoms with Gasteiger partial charge in [0.15, 0.2) is 0 Å². The minimum Gasteiger partial charge on any atom is -0.257 e. The molecule has 12 heteroatoms. The molecule has 1 aromatic heterocycles. The number of thiophene rings is 1. The largest absolute Gasteiger partial charge is 0.390 e. The molecule has 168 valence electrons. The zero-order valence-electron chi connectivity index (χ0n) is 16.5. The third-order valence-electron chi connectivity index (χ3n) is 4.43. The fraction of sp³-hybridized carbons (Fsp3) is 0.263. The maximum absolute atomic E-state index is 13.3. The smallest absolute Gasteiger partial charge is 0.257 e.